The molecule has 0 atom stereocenters. The Morgan fingerprint density at radius 2 is 2.26 bits per heavy atom. The zero-order valence-electron chi connectivity index (χ0n) is 11.3. The molecule has 6 heteroatoms. The van der Waals surface area contributed by atoms with E-state index < -0.39 is 0 Å². The summed E-state index contributed by atoms with van der Waals surface area (Å²) in [4.78, 5) is 14.1. The summed E-state index contributed by atoms with van der Waals surface area (Å²) in [6, 6.07) is 2.11. The highest BCUT2D eigenvalue weighted by molar-refractivity contribution is 7.19. The quantitative estimate of drug-likeness (QED) is 0.838. The Morgan fingerprint density at radius 3 is 2.79 bits per heavy atom. The molecule has 1 aliphatic rings. The van der Waals surface area contributed by atoms with E-state index in [1.807, 2.05) is 13.8 Å². The maximum atomic E-state index is 11.5. The first kappa shape index (κ1) is 13.8. The van der Waals surface area contributed by atoms with Crippen molar-refractivity contribution in [2.75, 3.05) is 30.3 Å². The Labute approximate surface area is 116 Å². The number of nitrogens with zero attached hydrogens (tertiary/aromatic N) is 2. The molecule has 1 aromatic heterocycles. The van der Waals surface area contributed by atoms with Gasteiger partial charge >= 0.3 is 0 Å². The van der Waals surface area contributed by atoms with Crippen LogP contribution in [0, 0.1) is 11.3 Å². The number of ketones is 1. The lowest BCUT2D eigenvalue weighted by Crippen LogP contribution is -2.48. The number of morpholine rings is 1. The molecule has 2 rings (SSSR count). The lowest BCUT2D eigenvalue weighted by Gasteiger charge is -2.38. The van der Waals surface area contributed by atoms with Gasteiger partial charge in [-0.2, -0.15) is 5.26 Å². The minimum absolute atomic E-state index is 0.0993. The molecule has 1 aliphatic heterocycles. The molecule has 1 saturated heterocycles. The van der Waals surface area contributed by atoms with Crippen LogP contribution in [0.1, 0.15) is 36.0 Å². The van der Waals surface area contributed by atoms with Crippen molar-refractivity contribution in [3.8, 4) is 6.07 Å². The fourth-order valence-electron chi connectivity index (χ4n) is 2.21. The largest absolute Gasteiger partial charge is 0.396 e. The highest BCUT2D eigenvalue weighted by atomic mass is 32.1. The monoisotopic (exact) mass is 279 g/mol. The smallest absolute Gasteiger partial charge is 0.171 e. The van der Waals surface area contributed by atoms with Gasteiger partial charge in [0.15, 0.2) is 5.78 Å². The lowest BCUT2D eigenvalue weighted by molar-refractivity contribution is -0.0275. The van der Waals surface area contributed by atoms with Gasteiger partial charge in [-0.25, -0.2) is 0 Å². The second-order valence-electron chi connectivity index (χ2n) is 5.22. The third-order valence-electron chi connectivity index (χ3n) is 3.07. The van der Waals surface area contributed by atoms with E-state index in [1.54, 1.807) is 0 Å². The van der Waals surface area contributed by atoms with Gasteiger partial charge in [-0.1, -0.05) is 0 Å². The topological polar surface area (TPSA) is 79.3 Å². The molecule has 0 unspecified atom stereocenters. The van der Waals surface area contributed by atoms with Gasteiger partial charge < -0.3 is 15.4 Å². The minimum atomic E-state index is -0.264. The van der Waals surface area contributed by atoms with Crippen LogP contribution in [0.3, 0.4) is 0 Å². The van der Waals surface area contributed by atoms with Crippen molar-refractivity contribution in [2.24, 2.45) is 0 Å². The predicted octanol–water partition coefficient (Wildman–Crippen LogP) is 2.02. The van der Waals surface area contributed by atoms with Crippen LogP contribution in [0.4, 0.5) is 10.7 Å². The van der Waals surface area contributed by atoms with Crippen LogP contribution in [-0.4, -0.2) is 31.1 Å². The average Bonchev–Trinajstić information content (AvgIpc) is 2.65. The molecule has 2 heterocycles. The van der Waals surface area contributed by atoms with Crippen molar-refractivity contribution in [1.82, 2.24) is 0 Å². The number of thiophene rings is 1. The van der Waals surface area contributed by atoms with Gasteiger partial charge in [0.25, 0.3) is 0 Å². The van der Waals surface area contributed by atoms with Crippen molar-refractivity contribution in [1.29, 1.82) is 5.26 Å². The second kappa shape index (κ2) is 4.83. The standard InChI is InChI=1S/C13H17N3O2S/c1-8(17)11-10(15)9(6-14)12(19-11)16-4-5-18-13(2,3)7-16/h4-5,7,15H2,1-3H3. The van der Waals surface area contributed by atoms with Gasteiger partial charge in [0.1, 0.15) is 16.6 Å². The van der Waals surface area contributed by atoms with Crippen LogP contribution < -0.4 is 10.6 Å². The van der Waals surface area contributed by atoms with Crippen molar-refractivity contribution < 1.29 is 9.53 Å². The van der Waals surface area contributed by atoms with Crippen molar-refractivity contribution in [3.05, 3.63) is 10.4 Å². The molecule has 1 fully saturated rings. The summed E-state index contributed by atoms with van der Waals surface area (Å²) in [5.41, 5.74) is 6.35. The Bertz CT molecular complexity index is 557. The Kier molecular flexibility index (Phi) is 3.52. The Morgan fingerprint density at radius 1 is 1.58 bits per heavy atom. The molecule has 19 heavy (non-hydrogen) atoms. The van der Waals surface area contributed by atoms with E-state index in [4.69, 9.17) is 10.5 Å². The molecular weight excluding hydrogens is 262 g/mol. The molecule has 0 aliphatic carbocycles. The van der Waals surface area contributed by atoms with Gasteiger partial charge in [0.2, 0.25) is 0 Å². The van der Waals surface area contributed by atoms with Gasteiger partial charge in [0.05, 0.1) is 22.8 Å². The van der Waals surface area contributed by atoms with Crippen LogP contribution in [0.15, 0.2) is 0 Å². The van der Waals surface area contributed by atoms with E-state index >= 15 is 0 Å². The maximum absolute atomic E-state index is 11.5. The lowest BCUT2D eigenvalue weighted by atomic mass is 10.1. The zero-order valence-corrected chi connectivity index (χ0v) is 12.1. The number of nitrogens with two attached hydrogens (primary N) is 1. The molecule has 0 bridgehead atoms. The number of nitriles is 1. The molecule has 2 N–H and O–H groups in total. The molecule has 5 nitrogen and oxygen atoms in total. The van der Waals surface area contributed by atoms with E-state index in [-0.39, 0.29) is 11.4 Å². The number of Topliss-reactive ketones (excluding diaryl/α,β-unsaturated/α-hetero) is 1. The van der Waals surface area contributed by atoms with Crippen LogP contribution >= 0.6 is 11.3 Å². The summed E-state index contributed by atoms with van der Waals surface area (Å²) < 4.78 is 5.66. The third-order valence-corrected chi connectivity index (χ3v) is 4.44. The summed E-state index contributed by atoms with van der Waals surface area (Å²) in [6.07, 6.45) is 0. The van der Waals surface area contributed by atoms with Crippen molar-refractivity contribution in [3.63, 3.8) is 0 Å². The van der Waals surface area contributed by atoms with Gasteiger partial charge in [-0.15, -0.1) is 11.3 Å². The molecule has 102 valence electrons. The third kappa shape index (κ3) is 2.57. The summed E-state index contributed by atoms with van der Waals surface area (Å²) in [6.45, 7) is 7.47. The maximum Gasteiger partial charge on any atom is 0.171 e. The summed E-state index contributed by atoms with van der Waals surface area (Å²) >= 11 is 1.30. The molecule has 1 aromatic rings. The summed E-state index contributed by atoms with van der Waals surface area (Å²) in [5.74, 6) is -0.0993. The molecule has 0 amide bonds. The number of anilines is 2. The SMILES string of the molecule is CC(=O)c1sc(N2CCOC(C)(C)C2)c(C#N)c1N. The van der Waals surface area contributed by atoms with E-state index in [2.05, 4.69) is 11.0 Å². The van der Waals surface area contributed by atoms with Crippen LogP contribution in [-0.2, 0) is 4.74 Å². The van der Waals surface area contributed by atoms with Gasteiger partial charge in [-0.3, -0.25) is 4.79 Å². The predicted molar refractivity (Wildman–Crippen MR) is 75.7 cm³/mol. The first-order valence-corrected chi connectivity index (χ1v) is 6.89. The fraction of sp³-hybridized carbons (Fsp3) is 0.538. The van der Waals surface area contributed by atoms with Crippen LogP contribution in [0.2, 0.25) is 0 Å². The molecule has 0 saturated carbocycles. The zero-order chi connectivity index (χ0) is 14.2. The number of carbonyl (C=O) groups excluding carboxylic acids is 1. The Hall–Kier alpha value is -1.58. The second-order valence-corrected chi connectivity index (χ2v) is 6.22. The molecule has 0 spiro atoms. The average molecular weight is 279 g/mol. The van der Waals surface area contributed by atoms with Gasteiger partial charge in [0, 0.05) is 20.0 Å². The minimum Gasteiger partial charge on any atom is -0.396 e. The highest BCUT2D eigenvalue weighted by Crippen LogP contribution is 2.39. The number of carbonyl (C=O) groups is 1. The first-order valence-electron chi connectivity index (χ1n) is 6.08. The van der Waals surface area contributed by atoms with Gasteiger partial charge in [-0.05, 0) is 13.8 Å². The van der Waals surface area contributed by atoms with E-state index in [1.165, 1.54) is 18.3 Å². The van der Waals surface area contributed by atoms with Crippen LogP contribution in [0.25, 0.3) is 0 Å². The Balaban J connectivity index is 2.42. The fourth-order valence-corrected chi connectivity index (χ4v) is 3.31. The van der Waals surface area contributed by atoms with Crippen LogP contribution in [0.5, 0.6) is 0 Å². The first-order chi connectivity index (χ1) is 8.85. The molecule has 0 radical (unpaired) electrons. The molecular formula is C13H17N3O2S. The number of ether oxygens (including phenoxy) is 1. The summed E-state index contributed by atoms with van der Waals surface area (Å²) in [5, 5.41) is 10.0. The summed E-state index contributed by atoms with van der Waals surface area (Å²) in [7, 11) is 0. The number of rotatable bonds is 2. The van der Waals surface area contributed by atoms with E-state index in [0.717, 1.165) is 5.00 Å². The number of nitrogen functional groups attached to an aromatic ring is 1. The number of hydrogen-bond donors (Lipinski definition) is 1. The highest BCUT2D eigenvalue weighted by Gasteiger charge is 2.31. The normalized spacial score (nSPS) is 18.1. The van der Waals surface area contributed by atoms with E-state index in [9.17, 15) is 10.1 Å². The van der Waals surface area contributed by atoms with E-state index in [0.29, 0.717) is 35.8 Å². The van der Waals surface area contributed by atoms with Crippen molar-refractivity contribution in [2.45, 2.75) is 26.4 Å². The molecule has 0 aromatic carbocycles. The van der Waals surface area contributed by atoms with Crippen molar-refractivity contribution >= 4 is 27.8 Å². The number of hydrogen-bond acceptors (Lipinski definition) is 6.